The lowest BCUT2D eigenvalue weighted by Crippen LogP contribution is -2.12. The lowest BCUT2D eigenvalue weighted by atomic mass is 10.5. The first-order chi connectivity index (χ1) is 5.09. The number of Topliss-reactive ketones (excluding diaryl/α,β-unsaturated/α-hetero) is 1. The van der Waals surface area contributed by atoms with E-state index in [2.05, 4.69) is 25.3 Å². The SMILES string of the molecule is NCCS.O=C(O)C(=O)CS. The van der Waals surface area contributed by atoms with E-state index in [9.17, 15) is 9.59 Å². The molecule has 0 saturated carbocycles. The summed E-state index contributed by atoms with van der Waals surface area (Å²) in [6, 6.07) is 0. The van der Waals surface area contributed by atoms with Crippen molar-refractivity contribution in [3.63, 3.8) is 0 Å². The third kappa shape index (κ3) is 12.9. The number of rotatable bonds is 3. The first-order valence-corrected chi connectivity index (χ1v) is 4.04. The largest absolute Gasteiger partial charge is 0.475 e. The third-order valence-corrected chi connectivity index (χ3v) is 1.06. The number of carbonyl (C=O) groups is 2. The standard InChI is InChI=1S/C3H4O3S.C2H7NS/c4-2(1-7)3(5)6;3-1-2-4/h7H,1H2,(H,5,6);4H,1-3H2. The van der Waals surface area contributed by atoms with Gasteiger partial charge in [-0.3, -0.25) is 4.79 Å². The van der Waals surface area contributed by atoms with Crippen molar-refractivity contribution in [1.82, 2.24) is 0 Å². The number of thiol groups is 2. The molecule has 0 aliphatic carbocycles. The molecule has 0 radical (unpaired) electrons. The summed E-state index contributed by atoms with van der Waals surface area (Å²) < 4.78 is 0. The van der Waals surface area contributed by atoms with Crippen LogP contribution in [0, 0.1) is 0 Å². The Morgan fingerprint density at radius 2 is 1.73 bits per heavy atom. The number of aliphatic carboxylic acids is 1. The molecule has 0 unspecified atom stereocenters. The average molecular weight is 197 g/mol. The molecule has 0 atom stereocenters. The molecule has 3 N–H and O–H groups in total. The molecular formula is C5H11NO3S2. The Labute approximate surface area is 76.0 Å². The maximum atomic E-state index is 9.84. The summed E-state index contributed by atoms with van der Waals surface area (Å²) >= 11 is 7.22. The average Bonchev–Trinajstić information content (AvgIpc) is 2.03. The van der Waals surface area contributed by atoms with Crippen LogP contribution >= 0.6 is 25.3 Å². The molecule has 0 amide bonds. The summed E-state index contributed by atoms with van der Waals surface area (Å²) in [5.74, 6) is -1.73. The summed E-state index contributed by atoms with van der Waals surface area (Å²) in [6.45, 7) is 0.684. The van der Waals surface area contributed by atoms with E-state index in [1.54, 1.807) is 0 Å². The molecule has 0 rings (SSSR count). The number of ketones is 1. The van der Waals surface area contributed by atoms with Gasteiger partial charge in [0.2, 0.25) is 5.78 Å². The Hall–Kier alpha value is -0.200. The van der Waals surface area contributed by atoms with Crippen LogP contribution in [-0.4, -0.2) is 34.9 Å². The predicted octanol–water partition coefficient (Wildman–Crippen LogP) is -0.555. The van der Waals surface area contributed by atoms with Crippen molar-refractivity contribution in [3.05, 3.63) is 0 Å². The van der Waals surface area contributed by atoms with Gasteiger partial charge in [-0.1, -0.05) is 0 Å². The van der Waals surface area contributed by atoms with Crippen molar-refractivity contribution in [2.24, 2.45) is 5.73 Å². The number of carboxylic acids is 1. The first-order valence-electron chi connectivity index (χ1n) is 2.78. The minimum atomic E-state index is -1.42. The van der Waals surface area contributed by atoms with E-state index in [-0.39, 0.29) is 5.75 Å². The summed E-state index contributed by atoms with van der Waals surface area (Å²) in [4.78, 5) is 19.4. The monoisotopic (exact) mass is 197 g/mol. The van der Waals surface area contributed by atoms with Gasteiger partial charge in [-0.2, -0.15) is 25.3 Å². The second-order valence-electron chi connectivity index (χ2n) is 1.40. The topological polar surface area (TPSA) is 80.4 Å². The third-order valence-electron chi connectivity index (χ3n) is 0.511. The zero-order chi connectivity index (χ0) is 9.28. The maximum absolute atomic E-state index is 9.84. The molecule has 0 bridgehead atoms. The molecule has 0 aliphatic heterocycles. The van der Waals surface area contributed by atoms with E-state index in [0.717, 1.165) is 5.75 Å². The summed E-state index contributed by atoms with van der Waals surface area (Å²) in [6.07, 6.45) is 0. The van der Waals surface area contributed by atoms with Crippen molar-refractivity contribution in [3.8, 4) is 0 Å². The second kappa shape index (κ2) is 9.80. The lowest BCUT2D eigenvalue weighted by molar-refractivity contribution is -0.147. The molecule has 6 heteroatoms. The van der Waals surface area contributed by atoms with Crippen molar-refractivity contribution < 1.29 is 14.7 Å². The van der Waals surface area contributed by atoms with Crippen LogP contribution in [0.1, 0.15) is 0 Å². The fourth-order valence-electron chi connectivity index (χ4n) is 0.0676. The maximum Gasteiger partial charge on any atom is 0.373 e. The van der Waals surface area contributed by atoms with Gasteiger partial charge in [-0.05, 0) is 0 Å². The Morgan fingerprint density at radius 1 is 1.36 bits per heavy atom. The van der Waals surface area contributed by atoms with Gasteiger partial charge in [-0.25, -0.2) is 4.79 Å². The molecule has 0 heterocycles. The van der Waals surface area contributed by atoms with Crippen LogP contribution in [0.2, 0.25) is 0 Å². The molecule has 11 heavy (non-hydrogen) atoms. The molecule has 4 nitrogen and oxygen atoms in total. The highest BCUT2D eigenvalue weighted by Crippen LogP contribution is 1.75. The molecular weight excluding hydrogens is 186 g/mol. The van der Waals surface area contributed by atoms with Crippen LogP contribution in [-0.2, 0) is 9.59 Å². The van der Waals surface area contributed by atoms with Crippen molar-refractivity contribution in [2.75, 3.05) is 18.1 Å². The Bertz CT molecular complexity index is 127. The minimum Gasteiger partial charge on any atom is -0.475 e. The van der Waals surface area contributed by atoms with E-state index >= 15 is 0 Å². The number of hydrogen-bond acceptors (Lipinski definition) is 5. The normalized spacial score (nSPS) is 7.91. The fourth-order valence-corrected chi connectivity index (χ4v) is 0.203. The number of hydrogen-bond donors (Lipinski definition) is 4. The van der Waals surface area contributed by atoms with Gasteiger partial charge in [0.25, 0.3) is 0 Å². The van der Waals surface area contributed by atoms with Crippen LogP contribution < -0.4 is 5.73 Å². The van der Waals surface area contributed by atoms with Gasteiger partial charge in [0.05, 0.1) is 5.75 Å². The Morgan fingerprint density at radius 3 is 1.73 bits per heavy atom. The van der Waals surface area contributed by atoms with Crippen molar-refractivity contribution in [2.45, 2.75) is 0 Å². The van der Waals surface area contributed by atoms with E-state index in [4.69, 9.17) is 10.8 Å². The molecule has 0 aromatic heterocycles. The quantitative estimate of drug-likeness (QED) is 0.361. The van der Waals surface area contributed by atoms with Crippen LogP contribution in [0.4, 0.5) is 0 Å². The number of nitrogens with two attached hydrogens (primary N) is 1. The number of carboxylic acid groups (broad SMARTS) is 1. The van der Waals surface area contributed by atoms with Crippen molar-refractivity contribution >= 4 is 37.0 Å². The Balaban J connectivity index is 0. The Kier molecular flexibility index (Phi) is 11.9. The molecule has 0 aliphatic rings. The summed E-state index contributed by atoms with van der Waals surface area (Å²) in [5.41, 5.74) is 4.95. The first kappa shape index (κ1) is 13.4. The minimum absolute atomic E-state index is 0.227. The lowest BCUT2D eigenvalue weighted by Gasteiger charge is -1.80. The molecule has 66 valence electrons. The zero-order valence-corrected chi connectivity index (χ0v) is 7.65. The van der Waals surface area contributed by atoms with Crippen LogP contribution in [0.25, 0.3) is 0 Å². The molecule has 0 fully saturated rings. The van der Waals surface area contributed by atoms with Crippen LogP contribution in [0.3, 0.4) is 0 Å². The van der Waals surface area contributed by atoms with Gasteiger partial charge >= 0.3 is 5.97 Å². The van der Waals surface area contributed by atoms with Gasteiger partial charge in [0.1, 0.15) is 0 Å². The second-order valence-corrected chi connectivity index (χ2v) is 2.16. The van der Waals surface area contributed by atoms with Gasteiger partial charge in [0.15, 0.2) is 0 Å². The highest BCUT2D eigenvalue weighted by Gasteiger charge is 2.05. The summed E-state index contributed by atoms with van der Waals surface area (Å²) in [7, 11) is 0. The summed E-state index contributed by atoms with van der Waals surface area (Å²) in [5, 5.41) is 7.78. The van der Waals surface area contributed by atoms with E-state index < -0.39 is 11.8 Å². The van der Waals surface area contributed by atoms with Crippen molar-refractivity contribution in [1.29, 1.82) is 0 Å². The highest BCUT2D eigenvalue weighted by molar-refractivity contribution is 7.81. The van der Waals surface area contributed by atoms with Gasteiger partial charge in [-0.15, -0.1) is 0 Å². The highest BCUT2D eigenvalue weighted by atomic mass is 32.1. The molecule has 0 aromatic carbocycles. The van der Waals surface area contributed by atoms with Gasteiger partial charge in [0, 0.05) is 12.3 Å². The molecule has 0 aromatic rings. The molecule has 0 saturated heterocycles. The van der Waals surface area contributed by atoms with Gasteiger partial charge < -0.3 is 10.8 Å². The van der Waals surface area contributed by atoms with Crippen LogP contribution in [0.15, 0.2) is 0 Å². The fraction of sp³-hybridized carbons (Fsp3) is 0.600. The molecule has 0 spiro atoms. The smallest absolute Gasteiger partial charge is 0.373 e. The van der Waals surface area contributed by atoms with E-state index in [0.29, 0.717) is 6.54 Å². The van der Waals surface area contributed by atoms with Crippen LogP contribution in [0.5, 0.6) is 0 Å². The zero-order valence-electron chi connectivity index (χ0n) is 5.86. The number of carbonyl (C=O) groups excluding carboxylic acids is 1. The van der Waals surface area contributed by atoms with E-state index in [1.165, 1.54) is 0 Å². The predicted molar refractivity (Wildman–Crippen MR) is 49.4 cm³/mol. The van der Waals surface area contributed by atoms with E-state index in [1.807, 2.05) is 0 Å².